The molecule has 0 radical (unpaired) electrons. The zero-order valence-corrected chi connectivity index (χ0v) is 15.3. The molecule has 0 spiro atoms. The summed E-state index contributed by atoms with van der Waals surface area (Å²) in [4.78, 5) is 23.7. The smallest absolute Gasteiger partial charge is 0.308 e. The highest BCUT2D eigenvalue weighted by molar-refractivity contribution is 5.97. The molecule has 1 N–H and O–H groups in total. The summed E-state index contributed by atoms with van der Waals surface area (Å²) in [7, 11) is 0. The van der Waals surface area contributed by atoms with Gasteiger partial charge in [0, 0.05) is 19.2 Å². The fourth-order valence-electron chi connectivity index (χ4n) is 2.48. The zero-order chi connectivity index (χ0) is 18.9. The van der Waals surface area contributed by atoms with Crippen molar-refractivity contribution < 1.29 is 19.1 Å². The van der Waals surface area contributed by atoms with Crippen LogP contribution in [0, 0.1) is 11.3 Å². The second-order valence-corrected chi connectivity index (χ2v) is 5.99. The van der Waals surface area contributed by atoms with Gasteiger partial charge in [0.1, 0.15) is 17.4 Å². The van der Waals surface area contributed by atoms with Crippen LogP contribution >= 0.6 is 0 Å². The summed E-state index contributed by atoms with van der Waals surface area (Å²) in [5.41, 5.74) is -0.290. The Morgan fingerprint density at radius 3 is 2.56 bits per heavy atom. The van der Waals surface area contributed by atoms with E-state index in [1.54, 1.807) is 13.0 Å². The Kier molecular flexibility index (Phi) is 8.09. The number of nitrogens with one attached hydrogen (secondary N) is 1. The first-order chi connectivity index (χ1) is 11.9. The Labute approximate surface area is 149 Å². The molecule has 6 heteroatoms. The van der Waals surface area contributed by atoms with E-state index in [4.69, 9.17) is 9.47 Å². The van der Waals surface area contributed by atoms with Crippen LogP contribution in [-0.4, -0.2) is 24.1 Å². The number of ether oxygens (including phenoxy) is 2. The van der Waals surface area contributed by atoms with Crippen molar-refractivity contribution in [2.45, 2.75) is 59.0 Å². The van der Waals surface area contributed by atoms with Gasteiger partial charge in [-0.2, -0.15) is 5.26 Å². The summed E-state index contributed by atoms with van der Waals surface area (Å²) >= 11 is 0. The van der Waals surface area contributed by atoms with Gasteiger partial charge in [-0.15, -0.1) is 0 Å². The Bertz CT molecular complexity index is 651. The lowest BCUT2D eigenvalue weighted by molar-refractivity contribution is -0.139. The Hall–Kier alpha value is -2.39. The van der Waals surface area contributed by atoms with Gasteiger partial charge in [0.05, 0.1) is 5.56 Å². The largest absolute Gasteiger partial charge is 0.425 e. The van der Waals surface area contributed by atoms with Crippen molar-refractivity contribution >= 4 is 17.6 Å². The van der Waals surface area contributed by atoms with Gasteiger partial charge in [-0.05, 0) is 38.5 Å². The topological polar surface area (TPSA) is 88.4 Å². The van der Waals surface area contributed by atoms with Gasteiger partial charge in [0.2, 0.25) is 0 Å². The number of carbonyl (C=O) groups is 2. The number of rotatable bonds is 9. The molecule has 0 bridgehead atoms. The van der Waals surface area contributed by atoms with Crippen molar-refractivity contribution in [2.75, 3.05) is 11.9 Å². The summed E-state index contributed by atoms with van der Waals surface area (Å²) in [6.07, 6.45) is 3.62. The maximum atomic E-state index is 12.7. The molecule has 0 heterocycles. The number of benzene rings is 1. The minimum atomic E-state index is -0.925. The number of carbonyl (C=O) groups excluding carboxylic acids is 2. The molecule has 1 rings (SSSR count). The van der Waals surface area contributed by atoms with Crippen LogP contribution in [0.25, 0.3) is 0 Å². The van der Waals surface area contributed by atoms with E-state index in [0.717, 1.165) is 19.3 Å². The number of unbranched alkanes of at least 4 members (excludes halogenated alkanes) is 2. The van der Waals surface area contributed by atoms with Gasteiger partial charge in [0.15, 0.2) is 0 Å². The third-order valence-corrected chi connectivity index (χ3v) is 3.81. The Morgan fingerprint density at radius 1 is 1.28 bits per heavy atom. The molecule has 1 aromatic carbocycles. The van der Waals surface area contributed by atoms with Crippen molar-refractivity contribution in [1.29, 1.82) is 5.26 Å². The van der Waals surface area contributed by atoms with Crippen molar-refractivity contribution in [3.05, 3.63) is 23.8 Å². The average molecular weight is 346 g/mol. The second kappa shape index (κ2) is 9.80. The molecule has 0 unspecified atom stereocenters. The van der Waals surface area contributed by atoms with E-state index >= 15 is 0 Å². The monoisotopic (exact) mass is 346 g/mol. The van der Waals surface area contributed by atoms with Gasteiger partial charge in [0.25, 0.3) is 5.91 Å². The summed E-state index contributed by atoms with van der Waals surface area (Å²) in [6, 6.07) is 6.52. The number of esters is 1. The molecule has 0 saturated heterocycles. The lowest BCUT2D eigenvalue weighted by Gasteiger charge is -2.28. The lowest BCUT2D eigenvalue weighted by atomic mass is 9.96. The van der Waals surface area contributed by atoms with E-state index in [9.17, 15) is 14.9 Å². The van der Waals surface area contributed by atoms with Crippen LogP contribution in [0.3, 0.4) is 0 Å². The van der Waals surface area contributed by atoms with Crippen molar-refractivity contribution in [2.24, 2.45) is 0 Å². The van der Waals surface area contributed by atoms with Crippen LogP contribution < -0.4 is 10.1 Å². The predicted octanol–water partition coefficient (Wildman–Crippen LogP) is 3.80. The van der Waals surface area contributed by atoms with E-state index in [-0.39, 0.29) is 17.2 Å². The molecule has 0 aliphatic carbocycles. The first kappa shape index (κ1) is 20.7. The van der Waals surface area contributed by atoms with Gasteiger partial charge in [-0.1, -0.05) is 26.2 Å². The molecule has 25 heavy (non-hydrogen) atoms. The Balaban J connectivity index is 2.92. The molecule has 1 atom stereocenters. The summed E-state index contributed by atoms with van der Waals surface area (Å²) in [5.74, 6) is -0.591. The van der Waals surface area contributed by atoms with Crippen molar-refractivity contribution in [1.82, 2.24) is 0 Å². The Morgan fingerprint density at radius 2 is 2.00 bits per heavy atom. The number of amides is 1. The van der Waals surface area contributed by atoms with Gasteiger partial charge < -0.3 is 14.8 Å². The minimum Gasteiger partial charge on any atom is -0.425 e. The lowest BCUT2D eigenvalue weighted by Crippen LogP contribution is -2.42. The van der Waals surface area contributed by atoms with E-state index in [0.29, 0.717) is 18.7 Å². The van der Waals surface area contributed by atoms with Crippen LogP contribution in [0.4, 0.5) is 5.69 Å². The number of anilines is 1. The molecule has 0 saturated carbocycles. The van der Waals surface area contributed by atoms with E-state index in [1.165, 1.54) is 19.1 Å². The molecule has 1 amide bonds. The predicted molar refractivity (Wildman–Crippen MR) is 95.3 cm³/mol. The highest BCUT2D eigenvalue weighted by atomic mass is 16.5. The quantitative estimate of drug-likeness (QED) is 0.417. The van der Waals surface area contributed by atoms with Crippen LogP contribution in [0.15, 0.2) is 18.2 Å². The summed E-state index contributed by atoms with van der Waals surface area (Å²) in [5, 5.41) is 12.0. The SMILES string of the molecule is CCCCC[C@](C)(OCC)C(=O)Nc1ccc(OC(C)=O)c(C#N)c1. The normalized spacial score (nSPS) is 12.8. The minimum absolute atomic E-state index is 0.170. The number of hydrogen-bond donors (Lipinski definition) is 1. The molecule has 1 aromatic rings. The molecule has 0 fully saturated rings. The highest BCUT2D eigenvalue weighted by Gasteiger charge is 2.33. The molecule has 6 nitrogen and oxygen atoms in total. The number of nitrogens with zero attached hydrogens (tertiary/aromatic N) is 1. The maximum absolute atomic E-state index is 12.7. The van der Waals surface area contributed by atoms with E-state index < -0.39 is 11.6 Å². The fourth-order valence-corrected chi connectivity index (χ4v) is 2.48. The van der Waals surface area contributed by atoms with E-state index in [1.807, 2.05) is 13.0 Å². The first-order valence-corrected chi connectivity index (χ1v) is 8.54. The molecule has 0 aliphatic heterocycles. The van der Waals surface area contributed by atoms with Crippen LogP contribution in [-0.2, 0) is 14.3 Å². The van der Waals surface area contributed by atoms with Gasteiger partial charge >= 0.3 is 5.97 Å². The highest BCUT2D eigenvalue weighted by Crippen LogP contribution is 2.25. The molecule has 136 valence electrons. The maximum Gasteiger partial charge on any atom is 0.308 e. The summed E-state index contributed by atoms with van der Waals surface area (Å²) in [6.45, 7) is 7.44. The third kappa shape index (κ3) is 6.20. The van der Waals surface area contributed by atoms with Crippen molar-refractivity contribution in [3.8, 4) is 11.8 Å². The van der Waals surface area contributed by atoms with Crippen LogP contribution in [0.1, 0.15) is 58.9 Å². The van der Waals surface area contributed by atoms with Crippen LogP contribution in [0.2, 0.25) is 0 Å². The number of hydrogen-bond acceptors (Lipinski definition) is 5. The molecule has 0 aliphatic rings. The molecular weight excluding hydrogens is 320 g/mol. The average Bonchev–Trinajstić information content (AvgIpc) is 2.56. The summed E-state index contributed by atoms with van der Waals surface area (Å²) < 4.78 is 10.7. The number of nitriles is 1. The molecular formula is C19H26N2O4. The van der Waals surface area contributed by atoms with E-state index in [2.05, 4.69) is 12.2 Å². The zero-order valence-electron chi connectivity index (χ0n) is 15.3. The first-order valence-electron chi connectivity index (χ1n) is 8.54. The van der Waals surface area contributed by atoms with Gasteiger partial charge in [-0.25, -0.2) is 0 Å². The van der Waals surface area contributed by atoms with Gasteiger partial charge in [-0.3, -0.25) is 9.59 Å². The van der Waals surface area contributed by atoms with Crippen LogP contribution in [0.5, 0.6) is 5.75 Å². The van der Waals surface area contributed by atoms with Crippen molar-refractivity contribution in [3.63, 3.8) is 0 Å². The third-order valence-electron chi connectivity index (χ3n) is 3.81. The standard InChI is InChI=1S/C19H26N2O4/c1-5-7-8-11-19(4,24-6-2)18(23)21-16-9-10-17(25-14(3)22)15(12-16)13-20/h9-10,12H,5-8,11H2,1-4H3,(H,21,23)/t19-/m0/s1. The molecule has 0 aromatic heterocycles. The fraction of sp³-hybridized carbons (Fsp3) is 0.526. The second-order valence-electron chi connectivity index (χ2n) is 5.99.